The molecule has 92 valence electrons. The number of nitrogens with one attached hydrogen (secondary N) is 1. The summed E-state index contributed by atoms with van der Waals surface area (Å²) in [4.78, 5) is 15.3. The van der Waals surface area contributed by atoms with Crippen LogP contribution in [0.4, 0.5) is 4.39 Å². The summed E-state index contributed by atoms with van der Waals surface area (Å²) in [6.07, 6.45) is 4.77. The number of rotatable bonds is 3. The lowest BCUT2D eigenvalue weighted by Crippen LogP contribution is -2.49. The monoisotopic (exact) mass is 238 g/mol. The molecule has 0 aliphatic heterocycles. The molecular weight excluding hydrogens is 223 g/mol. The predicted molar refractivity (Wildman–Crippen MR) is 59.9 cm³/mol. The Morgan fingerprint density at radius 2 is 2.18 bits per heavy atom. The minimum atomic E-state index is -0.612. The molecule has 17 heavy (non-hydrogen) atoms. The fourth-order valence-electron chi connectivity index (χ4n) is 2.20. The highest BCUT2D eigenvalue weighted by Crippen LogP contribution is 2.29. The number of halogens is 1. The van der Waals surface area contributed by atoms with Gasteiger partial charge in [-0.15, -0.1) is 0 Å². The van der Waals surface area contributed by atoms with Crippen LogP contribution in [-0.4, -0.2) is 28.1 Å². The normalized spacial score (nSPS) is 18.0. The zero-order valence-electron chi connectivity index (χ0n) is 9.45. The summed E-state index contributed by atoms with van der Waals surface area (Å²) in [7, 11) is 0. The van der Waals surface area contributed by atoms with Crippen LogP contribution in [0, 0.1) is 5.95 Å². The van der Waals surface area contributed by atoms with E-state index in [9.17, 15) is 14.3 Å². The fourth-order valence-corrected chi connectivity index (χ4v) is 2.20. The van der Waals surface area contributed by atoms with Gasteiger partial charge in [-0.25, -0.2) is 4.98 Å². The molecule has 2 N–H and O–H groups in total. The second kappa shape index (κ2) is 4.79. The van der Waals surface area contributed by atoms with Crippen molar-refractivity contribution in [2.24, 2.45) is 0 Å². The Balaban J connectivity index is 2.08. The van der Waals surface area contributed by atoms with Crippen molar-refractivity contribution in [1.82, 2.24) is 10.3 Å². The molecule has 0 saturated heterocycles. The van der Waals surface area contributed by atoms with E-state index in [1.165, 1.54) is 12.3 Å². The van der Waals surface area contributed by atoms with Gasteiger partial charge in [0.05, 0.1) is 17.7 Å². The minimum absolute atomic E-state index is 0.0621. The predicted octanol–water partition coefficient (Wildman–Crippen LogP) is 1.26. The third-order valence-electron chi connectivity index (χ3n) is 3.23. The zero-order valence-corrected chi connectivity index (χ0v) is 9.45. The lowest BCUT2D eigenvalue weighted by atomic mass is 9.98. The molecule has 1 aliphatic rings. The van der Waals surface area contributed by atoms with Crippen LogP contribution in [0.15, 0.2) is 18.3 Å². The van der Waals surface area contributed by atoms with E-state index in [0.29, 0.717) is 5.56 Å². The molecule has 1 saturated carbocycles. The van der Waals surface area contributed by atoms with E-state index in [0.717, 1.165) is 31.7 Å². The van der Waals surface area contributed by atoms with E-state index >= 15 is 0 Å². The van der Waals surface area contributed by atoms with Gasteiger partial charge < -0.3 is 10.4 Å². The smallest absolute Gasteiger partial charge is 0.253 e. The van der Waals surface area contributed by atoms with E-state index in [4.69, 9.17) is 0 Å². The van der Waals surface area contributed by atoms with Crippen LogP contribution >= 0.6 is 0 Å². The van der Waals surface area contributed by atoms with Crippen molar-refractivity contribution in [3.8, 4) is 0 Å². The van der Waals surface area contributed by atoms with Gasteiger partial charge in [-0.1, -0.05) is 12.8 Å². The Morgan fingerprint density at radius 3 is 2.71 bits per heavy atom. The van der Waals surface area contributed by atoms with Gasteiger partial charge in [0.25, 0.3) is 5.91 Å². The number of carbonyl (C=O) groups excluding carboxylic acids is 1. The van der Waals surface area contributed by atoms with E-state index in [2.05, 4.69) is 10.3 Å². The first-order valence-corrected chi connectivity index (χ1v) is 5.70. The number of aliphatic hydroxyl groups is 1. The van der Waals surface area contributed by atoms with Crippen LogP contribution in [0.5, 0.6) is 0 Å². The van der Waals surface area contributed by atoms with Gasteiger partial charge in [0.1, 0.15) is 0 Å². The van der Waals surface area contributed by atoms with Crippen LogP contribution in [0.3, 0.4) is 0 Å². The van der Waals surface area contributed by atoms with Crippen molar-refractivity contribution >= 4 is 5.91 Å². The number of hydrogen-bond acceptors (Lipinski definition) is 3. The average Bonchev–Trinajstić information content (AvgIpc) is 2.79. The summed E-state index contributed by atoms with van der Waals surface area (Å²) in [6.45, 7) is -0.0621. The maximum Gasteiger partial charge on any atom is 0.253 e. The molecule has 1 aliphatic carbocycles. The average molecular weight is 238 g/mol. The summed E-state index contributed by atoms with van der Waals surface area (Å²) in [5.41, 5.74) is -0.197. The number of aromatic nitrogens is 1. The summed E-state index contributed by atoms with van der Waals surface area (Å²) in [5, 5.41) is 12.2. The van der Waals surface area contributed by atoms with Crippen LogP contribution in [0.2, 0.25) is 0 Å². The number of carbonyl (C=O) groups is 1. The van der Waals surface area contributed by atoms with Gasteiger partial charge in [-0.2, -0.15) is 4.39 Å². The van der Waals surface area contributed by atoms with E-state index in [1.807, 2.05) is 0 Å². The summed E-state index contributed by atoms with van der Waals surface area (Å²) in [6, 6.07) is 2.53. The number of amides is 1. The van der Waals surface area contributed by atoms with Crippen molar-refractivity contribution in [3.63, 3.8) is 0 Å². The Kier molecular flexibility index (Phi) is 3.38. The molecule has 0 radical (unpaired) electrons. The van der Waals surface area contributed by atoms with Crippen molar-refractivity contribution in [2.45, 2.75) is 31.2 Å². The van der Waals surface area contributed by atoms with Gasteiger partial charge >= 0.3 is 0 Å². The SMILES string of the molecule is O=C(NC1(CO)CCCC1)c1ccc(F)nc1. The lowest BCUT2D eigenvalue weighted by Gasteiger charge is -2.27. The van der Waals surface area contributed by atoms with Crippen LogP contribution in [-0.2, 0) is 0 Å². The number of pyridine rings is 1. The Labute approximate surface area is 98.9 Å². The van der Waals surface area contributed by atoms with Crippen molar-refractivity contribution in [1.29, 1.82) is 0 Å². The van der Waals surface area contributed by atoms with Crippen LogP contribution in [0.25, 0.3) is 0 Å². The second-order valence-corrected chi connectivity index (χ2v) is 4.47. The first-order valence-electron chi connectivity index (χ1n) is 5.70. The first kappa shape index (κ1) is 12.0. The third-order valence-corrected chi connectivity index (χ3v) is 3.23. The highest BCUT2D eigenvalue weighted by molar-refractivity contribution is 5.94. The molecule has 0 unspecified atom stereocenters. The summed E-state index contributed by atoms with van der Waals surface area (Å²) in [5.74, 6) is -0.923. The largest absolute Gasteiger partial charge is 0.394 e. The molecule has 5 heteroatoms. The molecule has 2 rings (SSSR count). The fraction of sp³-hybridized carbons (Fsp3) is 0.500. The minimum Gasteiger partial charge on any atom is -0.394 e. The van der Waals surface area contributed by atoms with E-state index < -0.39 is 11.5 Å². The highest BCUT2D eigenvalue weighted by Gasteiger charge is 2.34. The maximum atomic E-state index is 12.6. The Hall–Kier alpha value is -1.49. The van der Waals surface area contributed by atoms with Crippen LogP contribution < -0.4 is 5.32 Å². The van der Waals surface area contributed by atoms with Gasteiger partial charge in [-0.3, -0.25) is 4.79 Å². The van der Waals surface area contributed by atoms with Gasteiger partial charge in [0.15, 0.2) is 0 Å². The highest BCUT2D eigenvalue weighted by atomic mass is 19.1. The standard InChI is InChI=1S/C12H15FN2O2/c13-10-4-3-9(7-14-10)11(17)15-12(8-16)5-1-2-6-12/h3-4,7,16H,1-2,5-6,8H2,(H,15,17). The molecule has 4 nitrogen and oxygen atoms in total. The molecule has 0 aromatic carbocycles. The Morgan fingerprint density at radius 1 is 1.47 bits per heavy atom. The van der Waals surface area contributed by atoms with Crippen LogP contribution in [0.1, 0.15) is 36.0 Å². The van der Waals surface area contributed by atoms with Gasteiger partial charge in [-0.05, 0) is 25.0 Å². The lowest BCUT2D eigenvalue weighted by molar-refractivity contribution is 0.0838. The molecule has 0 spiro atoms. The first-order chi connectivity index (χ1) is 8.15. The quantitative estimate of drug-likeness (QED) is 0.779. The number of nitrogens with zero attached hydrogens (tertiary/aromatic N) is 1. The van der Waals surface area contributed by atoms with Crippen molar-refractivity contribution in [2.75, 3.05) is 6.61 Å². The molecule has 1 amide bonds. The molecule has 0 bridgehead atoms. The topological polar surface area (TPSA) is 62.2 Å². The van der Waals surface area contributed by atoms with Crippen molar-refractivity contribution < 1.29 is 14.3 Å². The Bertz CT molecular complexity index is 399. The number of hydrogen-bond donors (Lipinski definition) is 2. The summed E-state index contributed by atoms with van der Waals surface area (Å²) >= 11 is 0. The molecule has 1 fully saturated rings. The third kappa shape index (κ3) is 2.61. The van der Waals surface area contributed by atoms with E-state index in [1.54, 1.807) is 0 Å². The van der Waals surface area contributed by atoms with Crippen molar-refractivity contribution in [3.05, 3.63) is 29.8 Å². The molecular formula is C12H15FN2O2. The molecule has 0 atom stereocenters. The molecule has 1 heterocycles. The number of aliphatic hydroxyl groups excluding tert-OH is 1. The maximum absolute atomic E-state index is 12.6. The van der Waals surface area contributed by atoms with Gasteiger partial charge in [0, 0.05) is 6.20 Å². The molecule has 1 aromatic rings. The molecule has 1 aromatic heterocycles. The van der Waals surface area contributed by atoms with E-state index in [-0.39, 0.29) is 12.5 Å². The second-order valence-electron chi connectivity index (χ2n) is 4.47. The zero-order chi connectivity index (χ0) is 12.3. The summed E-state index contributed by atoms with van der Waals surface area (Å²) < 4.78 is 12.6. The van der Waals surface area contributed by atoms with Gasteiger partial charge in [0.2, 0.25) is 5.95 Å².